The number of aromatic nitrogens is 2. The standard InChI is InChI=1S/C25H33N3O/c1-19-11-10-12-20(2)24(19)29-18-9-8-17-28-23-14-5-4-13-22(23)26-25(28)21(3)27-15-6-7-16-27/h4-5,10-14,21H,6-9,15-18H2,1-3H3. The second-order valence-electron chi connectivity index (χ2n) is 8.31. The van der Waals surface area contributed by atoms with Crippen LogP contribution >= 0.6 is 0 Å². The summed E-state index contributed by atoms with van der Waals surface area (Å²) in [5.41, 5.74) is 4.80. The molecule has 1 aliphatic heterocycles. The van der Waals surface area contributed by atoms with Crippen molar-refractivity contribution in [3.05, 3.63) is 59.4 Å². The van der Waals surface area contributed by atoms with Crippen LogP contribution in [-0.4, -0.2) is 34.1 Å². The summed E-state index contributed by atoms with van der Waals surface area (Å²) >= 11 is 0. The molecule has 1 fully saturated rings. The first-order valence-corrected chi connectivity index (χ1v) is 11.0. The highest BCUT2D eigenvalue weighted by molar-refractivity contribution is 5.76. The van der Waals surface area contributed by atoms with E-state index in [-0.39, 0.29) is 0 Å². The lowest BCUT2D eigenvalue weighted by Crippen LogP contribution is -2.26. The van der Waals surface area contributed by atoms with E-state index in [0.29, 0.717) is 6.04 Å². The van der Waals surface area contributed by atoms with Gasteiger partial charge in [0, 0.05) is 6.54 Å². The molecule has 4 rings (SSSR count). The Morgan fingerprint density at radius 1 is 0.966 bits per heavy atom. The van der Waals surface area contributed by atoms with Gasteiger partial charge in [-0.05, 0) is 82.8 Å². The molecule has 0 N–H and O–H groups in total. The third-order valence-electron chi connectivity index (χ3n) is 6.18. The highest BCUT2D eigenvalue weighted by Crippen LogP contribution is 2.28. The highest BCUT2D eigenvalue weighted by atomic mass is 16.5. The molecule has 1 unspecified atom stereocenters. The minimum absolute atomic E-state index is 0.371. The second-order valence-corrected chi connectivity index (χ2v) is 8.31. The van der Waals surface area contributed by atoms with Crippen LogP contribution < -0.4 is 4.74 Å². The van der Waals surface area contributed by atoms with Crippen molar-refractivity contribution in [2.75, 3.05) is 19.7 Å². The number of benzene rings is 2. The van der Waals surface area contributed by atoms with E-state index in [2.05, 4.69) is 72.7 Å². The van der Waals surface area contributed by atoms with Crippen molar-refractivity contribution in [2.24, 2.45) is 0 Å². The van der Waals surface area contributed by atoms with Crippen molar-refractivity contribution < 1.29 is 4.74 Å². The van der Waals surface area contributed by atoms with E-state index in [4.69, 9.17) is 9.72 Å². The van der Waals surface area contributed by atoms with Crippen LogP contribution in [0.1, 0.15) is 55.6 Å². The van der Waals surface area contributed by atoms with Crippen molar-refractivity contribution in [1.29, 1.82) is 0 Å². The Labute approximate surface area is 174 Å². The van der Waals surface area contributed by atoms with Crippen LogP contribution in [0.25, 0.3) is 11.0 Å². The molecule has 154 valence electrons. The van der Waals surface area contributed by atoms with Crippen molar-refractivity contribution in [3.63, 3.8) is 0 Å². The van der Waals surface area contributed by atoms with Gasteiger partial charge >= 0.3 is 0 Å². The fraction of sp³-hybridized carbons (Fsp3) is 0.480. The zero-order valence-corrected chi connectivity index (χ0v) is 18.0. The van der Waals surface area contributed by atoms with Crippen LogP contribution in [0, 0.1) is 13.8 Å². The molecular formula is C25H33N3O. The molecule has 2 aromatic carbocycles. The van der Waals surface area contributed by atoms with E-state index in [1.54, 1.807) is 0 Å². The molecule has 2 heterocycles. The van der Waals surface area contributed by atoms with Crippen LogP contribution in [0.5, 0.6) is 5.75 Å². The van der Waals surface area contributed by atoms with Gasteiger partial charge in [-0.3, -0.25) is 4.90 Å². The van der Waals surface area contributed by atoms with Gasteiger partial charge in [0.05, 0.1) is 23.7 Å². The number of ether oxygens (including phenoxy) is 1. The Morgan fingerprint density at radius 2 is 1.69 bits per heavy atom. The molecule has 1 aliphatic rings. The number of rotatable bonds is 8. The van der Waals surface area contributed by atoms with Gasteiger partial charge in [-0.15, -0.1) is 0 Å². The minimum Gasteiger partial charge on any atom is -0.493 e. The number of likely N-dealkylation sites (tertiary alicyclic amines) is 1. The summed E-state index contributed by atoms with van der Waals surface area (Å²) < 4.78 is 8.54. The van der Waals surface area contributed by atoms with Gasteiger partial charge in [-0.25, -0.2) is 4.98 Å². The molecule has 1 atom stereocenters. The number of hydrogen-bond acceptors (Lipinski definition) is 3. The number of imidazole rings is 1. The summed E-state index contributed by atoms with van der Waals surface area (Å²) in [6.45, 7) is 10.7. The zero-order valence-electron chi connectivity index (χ0n) is 18.0. The van der Waals surface area contributed by atoms with Crippen LogP contribution in [0.4, 0.5) is 0 Å². The molecule has 4 heteroatoms. The molecule has 0 saturated carbocycles. The van der Waals surface area contributed by atoms with E-state index >= 15 is 0 Å². The normalized spacial score (nSPS) is 15.8. The van der Waals surface area contributed by atoms with Crippen molar-refractivity contribution in [2.45, 2.75) is 59.0 Å². The van der Waals surface area contributed by atoms with Crippen LogP contribution in [-0.2, 0) is 6.54 Å². The number of fused-ring (bicyclic) bond motifs is 1. The molecular weight excluding hydrogens is 358 g/mol. The van der Waals surface area contributed by atoms with E-state index in [0.717, 1.165) is 37.3 Å². The minimum atomic E-state index is 0.371. The molecule has 29 heavy (non-hydrogen) atoms. The summed E-state index contributed by atoms with van der Waals surface area (Å²) in [6, 6.07) is 15.2. The number of hydrogen-bond donors (Lipinski definition) is 0. The number of para-hydroxylation sites is 3. The Kier molecular flexibility index (Phi) is 6.19. The van der Waals surface area contributed by atoms with Crippen LogP contribution in [0.2, 0.25) is 0 Å². The maximum absolute atomic E-state index is 6.10. The maximum Gasteiger partial charge on any atom is 0.127 e. The van der Waals surface area contributed by atoms with Gasteiger partial charge in [-0.2, -0.15) is 0 Å². The first kappa shape index (κ1) is 20.0. The topological polar surface area (TPSA) is 30.3 Å². The molecule has 0 radical (unpaired) electrons. The smallest absolute Gasteiger partial charge is 0.127 e. The lowest BCUT2D eigenvalue weighted by molar-refractivity contribution is 0.247. The summed E-state index contributed by atoms with van der Waals surface area (Å²) in [5.74, 6) is 2.26. The third-order valence-corrected chi connectivity index (χ3v) is 6.18. The Hall–Kier alpha value is -2.33. The lowest BCUT2D eigenvalue weighted by Gasteiger charge is -2.24. The fourth-order valence-electron chi connectivity index (χ4n) is 4.51. The van der Waals surface area contributed by atoms with E-state index in [1.807, 2.05) is 0 Å². The van der Waals surface area contributed by atoms with Gasteiger partial charge < -0.3 is 9.30 Å². The summed E-state index contributed by atoms with van der Waals surface area (Å²) in [5, 5.41) is 0. The fourth-order valence-corrected chi connectivity index (χ4v) is 4.51. The molecule has 1 saturated heterocycles. The number of aryl methyl sites for hydroxylation is 3. The third kappa shape index (κ3) is 4.32. The maximum atomic E-state index is 6.10. The Morgan fingerprint density at radius 3 is 2.45 bits per heavy atom. The molecule has 1 aromatic heterocycles. The average Bonchev–Trinajstić information content (AvgIpc) is 3.37. The second kappa shape index (κ2) is 9.00. The molecule has 3 aromatic rings. The van der Waals surface area contributed by atoms with Gasteiger partial charge in [0.1, 0.15) is 11.6 Å². The monoisotopic (exact) mass is 391 g/mol. The SMILES string of the molecule is Cc1cccc(C)c1OCCCCn1c(C(C)N2CCCC2)nc2ccccc21. The van der Waals surface area contributed by atoms with Gasteiger partial charge in [0.15, 0.2) is 0 Å². The number of nitrogens with zero attached hydrogens (tertiary/aromatic N) is 3. The molecule has 0 aliphatic carbocycles. The van der Waals surface area contributed by atoms with Crippen molar-refractivity contribution >= 4 is 11.0 Å². The van der Waals surface area contributed by atoms with Gasteiger partial charge in [0.25, 0.3) is 0 Å². The first-order valence-electron chi connectivity index (χ1n) is 11.0. The van der Waals surface area contributed by atoms with E-state index < -0.39 is 0 Å². The summed E-state index contributed by atoms with van der Waals surface area (Å²) in [6.07, 6.45) is 4.74. The van der Waals surface area contributed by atoms with Gasteiger partial charge in [-0.1, -0.05) is 30.3 Å². The molecule has 0 spiro atoms. The predicted octanol–water partition coefficient (Wildman–Crippen LogP) is 5.67. The summed E-state index contributed by atoms with van der Waals surface area (Å²) in [7, 11) is 0. The predicted molar refractivity (Wildman–Crippen MR) is 120 cm³/mol. The average molecular weight is 392 g/mol. The molecule has 0 amide bonds. The highest BCUT2D eigenvalue weighted by Gasteiger charge is 2.24. The van der Waals surface area contributed by atoms with Crippen LogP contribution in [0.3, 0.4) is 0 Å². The van der Waals surface area contributed by atoms with Crippen molar-refractivity contribution in [3.8, 4) is 5.75 Å². The van der Waals surface area contributed by atoms with Crippen LogP contribution in [0.15, 0.2) is 42.5 Å². The Bertz CT molecular complexity index is 936. The van der Waals surface area contributed by atoms with E-state index in [1.165, 1.54) is 48.4 Å². The largest absolute Gasteiger partial charge is 0.493 e. The number of unbranched alkanes of at least 4 members (excludes halogenated alkanes) is 1. The lowest BCUT2D eigenvalue weighted by atomic mass is 10.1. The molecule has 0 bridgehead atoms. The van der Waals surface area contributed by atoms with Gasteiger partial charge in [0.2, 0.25) is 0 Å². The molecule has 4 nitrogen and oxygen atoms in total. The summed E-state index contributed by atoms with van der Waals surface area (Å²) in [4.78, 5) is 7.59. The Balaban J connectivity index is 1.42. The first-order chi connectivity index (χ1) is 14.1. The van der Waals surface area contributed by atoms with E-state index in [9.17, 15) is 0 Å². The van der Waals surface area contributed by atoms with Crippen molar-refractivity contribution in [1.82, 2.24) is 14.5 Å². The quantitative estimate of drug-likeness (QED) is 0.464. The zero-order chi connectivity index (χ0) is 20.2.